The Balaban J connectivity index is 0.00000133. The number of rotatable bonds is 2. The normalized spacial score (nSPS) is 18.4. The summed E-state index contributed by atoms with van der Waals surface area (Å²) in [5.74, 6) is 0.580. The minimum absolute atomic E-state index is 0. The number of H-pyrrole nitrogens is 1. The Bertz CT molecular complexity index is 552. The first kappa shape index (κ1) is 13.6. The van der Waals surface area contributed by atoms with Crippen LogP contribution < -0.4 is 5.73 Å². The van der Waals surface area contributed by atoms with Crippen molar-refractivity contribution in [3.05, 3.63) is 30.2 Å². The van der Waals surface area contributed by atoms with E-state index >= 15 is 0 Å². The molecule has 3 heterocycles. The molecule has 1 amide bonds. The van der Waals surface area contributed by atoms with Crippen LogP contribution in [-0.2, 0) is 0 Å². The van der Waals surface area contributed by atoms with Gasteiger partial charge in [-0.25, -0.2) is 0 Å². The Kier molecular flexibility index (Phi) is 3.92. The minimum atomic E-state index is -0.0861. The molecule has 1 aliphatic heterocycles. The minimum Gasteiger partial charge on any atom is -0.463 e. The van der Waals surface area contributed by atoms with E-state index in [1.807, 2.05) is 6.07 Å². The maximum Gasteiger partial charge on any atom is 0.274 e. The lowest BCUT2D eigenvalue weighted by atomic mass is 10.3. The molecule has 2 aromatic rings. The molecule has 1 saturated heterocycles. The van der Waals surface area contributed by atoms with Gasteiger partial charge in [-0.2, -0.15) is 5.10 Å². The summed E-state index contributed by atoms with van der Waals surface area (Å²) < 4.78 is 5.24. The number of carbonyl (C=O) groups is 1. The second-order valence-electron chi connectivity index (χ2n) is 4.44. The molecule has 0 saturated carbocycles. The number of halogens is 1. The van der Waals surface area contributed by atoms with E-state index in [1.54, 1.807) is 23.3 Å². The van der Waals surface area contributed by atoms with Crippen molar-refractivity contribution in [1.82, 2.24) is 15.1 Å². The highest BCUT2D eigenvalue weighted by Crippen LogP contribution is 2.19. The van der Waals surface area contributed by atoms with Gasteiger partial charge in [0.05, 0.1) is 6.26 Å². The fourth-order valence-corrected chi connectivity index (χ4v) is 2.12. The molecule has 102 valence electrons. The summed E-state index contributed by atoms with van der Waals surface area (Å²) in [6, 6.07) is 5.38. The van der Waals surface area contributed by atoms with Gasteiger partial charge in [0.25, 0.3) is 5.91 Å². The average molecular weight is 283 g/mol. The highest BCUT2D eigenvalue weighted by Gasteiger charge is 2.26. The molecule has 3 rings (SSSR count). The number of aromatic nitrogens is 2. The standard InChI is InChI=1S/C12H14N4O2.ClH/c13-8-3-4-16(7-8)12(17)10-6-9(14-15-10)11-2-1-5-18-11;/h1-2,5-6,8H,3-4,7,13H2,(H,14,15);1H/t8-;/m1./s1. The van der Waals surface area contributed by atoms with E-state index in [-0.39, 0.29) is 24.4 Å². The molecule has 0 aliphatic carbocycles. The summed E-state index contributed by atoms with van der Waals surface area (Å²) in [6.07, 6.45) is 2.43. The van der Waals surface area contributed by atoms with Gasteiger partial charge in [0.2, 0.25) is 0 Å². The lowest BCUT2D eigenvalue weighted by molar-refractivity contribution is 0.0785. The Labute approximate surface area is 116 Å². The number of aromatic amines is 1. The molecule has 7 heteroatoms. The lowest BCUT2D eigenvalue weighted by Crippen LogP contribution is -2.32. The molecule has 0 unspecified atom stereocenters. The van der Waals surface area contributed by atoms with Crippen LogP contribution in [0.5, 0.6) is 0 Å². The van der Waals surface area contributed by atoms with Crippen molar-refractivity contribution in [1.29, 1.82) is 0 Å². The number of hydrogen-bond acceptors (Lipinski definition) is 4. The van der Waals surface area contributed by atoms with Gasteiger partial charge in [-0.05, 0) is 18.6 Å². The molecule has 1 fully saturated rings. The molecule has 6 nitrogen and oxygen atoms in total. The summed E-state index contributed by atoms with van der Waals surface area (Å²) in [6.45, 7) is 1.30. The zero-order chi connectivity index (χ0) is 12.5. The van der Waals surface area contributed by atoms with E-state index in [0.717, 1.165) is 6.42 Å². The van der Waals surface area contributed by atoms with E-state index < -0.39 is 0 Å². The molecule has 0 aromatic carbocycles. The molecular formula is C12H15ClN4O2. The Morgan fingerprint density at radius 1 is 1.58 bits per heavy atom. The van der Waals surface area contributed by atoms with Gasteiger partial charge in [0, 0.05) is 25.2 Å². The smallest absolute Gasteiger partial charge is 0.274 e. The summed E-state index contributed by atoms with van der Waals surface area (Å²) in [7, 11) is 0. The van der Waals surface area contributed by atoms with Crippen molar-refractivity contribution in [3.63, 3.8) is 0 Å². The van der Waals surface area contributed by atoms with Gasteiger partial charge in [0.1, 0.15) is 5.69 Å². The summed E-state index contributed by atoms with van der Waals surface area (Å²) in [4.78, 5) is 13.9. The maximum absolute atomic E-state index is 12.1. The molecule has 2 aromatic heterocycles. The van der Waals surface area contributed by atoms with Crippen LogP contribution in [0.4, 0.5) is 0 Å². The van der Waals surface area contributed by atoms with Crippen LogP contribution >= 0.6 is 12.4 Å². The first-order valence-electron chi connectivity index (χ1n) is 5.88. The molecule has 1 aliphatic rings. The highest BCUT2D eigenvalue weighted by molar-refractivity contribution is 5.93. The van der Waals surface area contributed by atoms with Crippen LogP contribution in [0, 0.1) is 0 Å². The first-order valence-corrected chi connectivity index (χ1v) is 5.88. The molecule has 1 atom stereocenters. The zero-order valence-electron chi connectivity index (χ0n) is 10.2. The van der Waals surface area contributed by atoms with E-state index in [1.165, 1.54) is 0 Å². The van der Waals surface area contributed by atoms with Crippen LogP contribution in [0.2, 0.25) is 0 Å². The van der Waals surface area contributed by atoms with Crippen molar-refractivity contribution in [2.24, 2.45) is 5.73 Å². The topological polar surface area (TPSA) is 88.1 Å². The second-order valence-corrected chi connectivity index (χ2v) is 4.44. The van der Waals surface area contributed by atoms with Gasteiger partial charge in [-0.1, -0.05) is 0 Å². The fourth-order valence-electron chi connectivity index (χ4n) is 2.12. The Hall–Kier alpha value is -1.79. The number of nitrogens with one attached hydrogen (secondary N) is 1. The summed E-state index contributed by atoms with van der Waals surface area (Å²) >= 11 is 0. The van der Waals surface area contributed by atoms with Gasteiger partial charge < -0.3 is 15.1 Å². The van der Waals surface area contributed by atoms with Crippen LogP contribution in [0.3, 0.4) is 0 Å². The van der Waals surface area contributed by atoms with E-state index in [4.69, 9.17) is 10.2 Å². The highest BCUT2D eigenvalue weighted by atomic mass is 35.5. The number of nitrogens with two attached hydrogens (primary N) is 1. The predicted molar refractivity (Wildman–Crippen MR) is 72.0 cm³/mol. The van der Waals surface area contributed by atoms with Crippen molar-refractivity contribution in [2.75, 3.05) is 13.1 Å². The number of nitrogens with zero attached hydrogens (tertiary/aromatic N) is 2. The van der Waals surface area contributed by atoms with Crippen LogP contribution in [-0.4, -0.2) is 40.1 Å². The first-order chi connectivity index (χ1) is 8.74. The second kappa shape index (κ2) is 5.46. The monoisotopic (exact) mass is 282 g/mol. The van der Waals surface area contributed by atoms with Crippen LogP contribution in [0.1, 0.15) is 16.9 Å². The largest absolute Gasteiger partial charge is 0.463 e. The molecule has 0 radical (unpaired) electrons. The van der Waals surface area contributed by atoms with Gasteiger partial charge in [-0.15, -0.1) is 12.4 Å². The molecule has 3 N–H and O–H groups in total. The summed E-state index contributed by atoms with van der Waals surface area (Å²) in [5.41, 5.74) is 6.89. The van der Waals surface area contributed by atoms with Gasteiger partial charge >= 0.3 is 0 Å². The predicted octanol–water partition coefficient (Wildman–Crippen LogP) is 1.26. The number of carbonyl (C=O) groups excluding carboxylic acids is 1. The SMILES string of the molecule is Cl.N[C@@H]1CCN(C(=O)c2cc(-c3ccco3)[nH]n2)C1. The van der Waals surface area contributed by atoms with Crippen molar-refractivity contribution in [3.8, 4) is 11.5 Å². The Morgan fingerprint density at radius 2 is 2.42 bits per heavy atom. The van der Waals surface area contributed by atoms with Gasteiger partial charge in [0.15, 0.2) is 11.5 Å². The zero-order valence-corrected chi connectivity index (χ0v) is 11.0. The number of likely N-dealkylation sites (tertiary alicyclic amines) is 1. The van der Waals surface area contributed by atoms with Gasteiger partial charge in [-0.3, -0.25) is 9.89 Å². The molecule has 19 heavy (non-hydrogen) atoms. The summed E-state index contributed by atoms with van der Waals surface area (Å²) in [5, 5.41) is 6.83. The quantitative estimate of drug-likeness (QED) is 0.868. The third kappa shape index (κ3) is 2.64. The number of hydrogen-bond donors (Lipinski definition) is 2. The van der Waals surface area contributed by atoms with Crippen molar-refractivity contribution < 1.29 is 9.21 Å². The molecular weight excluding hydrogens is 268 g/mol. The number of amides is 1. The van der Waals surface area contributed by atoms with Crippen LogP contribution in [0.15, 0.2) is 28.9 Å². The molecule has 0 spiro atoms. The van der Waals surface area contributed by atoms with E-state index in [9.17, 15) is 4.79 Å². The number of furan rings is 1. The third-order valence-electron chi connectivity index (χ3n) is 3.10. The lowest BCUT2D eigenvalue weighted by Gasteiger charge is -2.13. The van der Waals surface area contributed by atoms with E-state index in [0.29, 0.717) is 30.2 Å². The third-order valence-corrected chi connectivity index (χ3v) is 3.10. The van der Waals surface area contributed by atoms with E-state index in [2.05, 4.69) is 10.2 Å². The molecule has 0 bridgehead atoms. The average Bonchev–Trinajstić information content (AvgIpc) is 3.09. The van der Waals surface area contributed by atoms with Crippen molar-refractivity contribution >= 4 is 18.3 Å². The maximum atomic E-state index is 12.1. The Morgan fingerprint density at radius 3 is 3.05 bits per heavy atom. The van der Waals surface area contributed by atoms with Crippen LogP contribution in [0.25, 0.3) is 11.5 Å². The fraction of sp³-hybridized carbons (Fsp3) is 0.333. The van der Waals surface area contributed by atoms with Crippen molar-refractivity contribution in [2.45, 2.75) is 12.5 Å².